The number of aliphatic hydroxyl groups is 2. The van der Waals surface area contributed by atoms with E-state index in [0.717, 1.165) is 11.8 Å². The van der Waals surface area contributed by atoms with Crippen LogP contribution in [0.1, 0.15) is 97.0 Å². The number of primary amides is 2. The molecule has 1 aromatic rings. The van der Waals surface area contributed by atoms with Gasteiger partial charge in [0.25, 0.3) is 0 Å². The minimum atomic E-state index is -1.84. The second kappa shape index (κ2) is 32.1. The van der Waals surface area contributed by atoms with E-state index in [4.69, 9.17) is 22.9 Å². The standard InChI is InChI=1S/C47H74N12O17/c1-23(2)19-30(43(71)58-38(24(3)61)47(75)76)55-45(73)34-8-6-18-59(34)46(74)32(21-37(65)66)56-40(68)28(7-4-5-17-48)53-42(70)31(20-25-9-11-26(62)12-10-25)54-44(72)33(22-60)57-41(69)29(14-16-36(51)64)52-39(67)27(49)13-15-35(50)63/h9-12,23-24,27-34,38,60-62H,4-8,13-22,48-49H2,1-3H3,(H2,50,63)(H2,51,64)(H,52,67)(H,53,70)(H,54,72)(H,55,73)(H,56,68)(H,57,69)(H,58,71)(H,65,66)(H,75,76)/t24-,27+,28+,29+,30+,31+,32+,33+,34+,38+/m1/s1. The van der Waals surface area contributed by atoms with E-state index in [-0.39, 0.29) is 76.1 Å². The van der Waals surface area contributed by atoms with Crippen LogP contribution < -0.4 is 60.2 Å². The second-order valence-corrected chi connectivity index (χ2v) is 18.8. The molecule has 1 saturated heterocycles. The van der Waals surface area contributed by atoms with Gasteiger partial charge in [0.15, 0.2) is 6.04 Å². The van der Waals surface area contributed by atoms with Gasteiger partial charge in [-0.2, -0.15) is 0 Å². The van der Waals surface area contributed by atoms with Crippen LogP contribution in [0.3, 0.4) is 0 Å². The number of phenolic OH excluding ortho intramolecular Hbond substituents is 1. The number of unbranched alkanes of at least 4 members (excludes halogenated alkanes) is 1. The summed E-state index contributed by atoms with van der Waals surface area (Å²) in [5, 5.41) is 66.1. The van der Waals surface area contributed by atoms with E-state index >= 15 is 0 Å². The molecule has 2 rings (SSSR count). The second-order valence-electron chi connectivity index (χ2n) is 18.8. The Bertz CT molecular complexity index is 2210. The van der Waals surface area contributed by atoms with E-state index in [1.807, 2.05) is 0 Å². The first-order valence-corrected chi connectivity index (χ1v) is 24.7. The lowest BCUT2D eigenvalue weighted by Gasteiger charge is -2.31. The molecule has 10 atom stereocenters. The number of likely N-dealkylation sites (tertiary alicyclic amines) is 1. The molecule has 1 aliphatic heterocycles. The van der Waals surface area contributed by atoms with E-state index < -0.39 is 157 Å². The maximum atomic E-state index is 14.3. The Hall–Kier alpha value is -7.50. The van der Waals surface area contributed by atoms with Crippen molar-refractivity contribution >= 4 is 71.0 Å². The highest BCUT2D eigenvalue weighted by molar-refractivity contribution is 5.99. The summed E-state index contributed by atoms with van der Waals surface area (Å²) >= 11 is 0. The number of carbonyl (C=O) groups excluding carboxylic acids is 10. The third-order valence-corrected chi connectivity index (χ3v) is 12.0. The summed E-state index contributed by atoms with van der Waals surface area (Å²) < 4.78 is 0. The summed E-state index contributed by atoms with van der Waals surface area (Å²) in [7, 11) is 0. The van der Waals surface area contributed by atoms with Gasteiger partial charge in [0.2, 0.25) is 59.1 Å². The molecule has 0 saturated carbocycles. The average molecular weight is 1080 g/mol. The molecule has 0 aromatic heterocycles. The number of hydrogen-bond donors (Lipinski definition) is 16. The van der Waals surface area contributed by atoms with Gasteiger partial charge in [0.1, 0.15) is 48.0 Å². The number of carboxylic acids is 2. The molecule has 1 heterocycles. The lowest BCUT2D eigenvalue weighted by Crippen LogP contribution is -2.61. The molecule has 0 radical (unpaired) electrons. The Labute approximate surface area is 437 Å². The van der Waals surface area contributed by atoms with Crippen LogP contribution in [0.2, 0.25) is 0 Å². The summed E-state index contributed by atoms with van der Waals surface area (Å²) in [5.74, 6) is -13.2. The molecule has 0 bridgehead atoms. The number of rotatable bonds is 34. The zero-order valence-electron chi connectivity index (χ0n) is 42.7. The first kappa shape index (κ1) is 64.6. The number of aliphatic hydroxyl groups excluding tert-OH is 2. The smallest absolute Gasteiger partial charge is 0.328 e. The number of aromatic hydroxyl groups is 1. The molecule has 10 amide bonds. The van der Waals surface area contributed by atoms with Gasteiger partial charge in [0.05, 0.1) is 25.2 Å². The predicted octanol–water partition coefficient (Wildman–Crippen LogP) is -5.71. The van der Waals surface area contributed by atoms with Gasteiger partial charge in [-0.3, -0.25) is 52.7 Å². The number of carboxylic acid groups (broad SMARTS) is 2. The van der Waals surface area contributed by atoms with Crippen LogP contribution in [0, 0.1) is 5.92 Å². The van der Waals surface area contributed by atoms with Gasteiger partial charge in [0, 0.05) is 25.8 Å². The normalized spacial score (nSPS) is 16.7. The number of amides is 10. The summed E-state index contributed by atoms with van der Waals surface area (Å²) in [6.07, 6.45) is -3.54. The van der Waals surface area contributed by atoms with Crippen LogP contribution in [-0.4, -0.2) is 182 Å². The summed E-state index contributed by atoms with van der Waals surface area (Å²) in [4.78, 5) is 158. The number of nitrogens with two attached hydrogens (primary N) is 4. The molecular weight excluding hydrogens is 1000 g/mol. The first-order chi connectivity index (χ1) is 35.7. The van der Waals surface area contributed by atoms with Crippen molar-refractivity contribution in [3.05, 3.63) is 29.8 Å². The van der Waals surface area contributed by atoms with Crippen molar-refractivity contribution in [2.24, 2.45) is 28.9 Å². The third kappa shape index (κ3) is 22.1. The van der Waals surface area contributed by atoms with E-state index in [2.05, 4.69) is 37.2 Å². The molecule has 0 spiro atoms. The topological polar surface area (TPSA) is 498 Å². The number of nitrogens with one attached hydrogen (secondary N) is 7. The van der Waals surface area contributed by atoms with Crippen molar-refractivity contribution in [2.45, 2.75) is 158 Å². The lowest BCUT2D eigenvalue weighted by molar-refractivity contribution is -0.146. The maximum Gasteiger partial charge on any atom is 0.328 e. The van der Waals surface area contributed by atoms with Crippen LogP contribution in [0.4, 0.5) is 0 Å². The van der Waals surface area contributed by atoms with Gasteiger partial charge in [-0.25, -0.2) is 4.79 Å². The van der Waals surface area contributed by atoms with Gasteiger partial charge >= 0.3 is 11.9 Å². The average Bonchev–Trinajstić information content (AvgIpc) is 3.84. The van der Waals surface area contributed by atoms with Crippen molar-refractivity contribution in [3.63, 3.8) is 0 Å². The van der Waals surface area contributed by atoms with Crippen LogP contribution in [0.5, 0.6) is 5.75 Å². The molecule has 1 fully saturated rings. The van der Waals surface area contributed by atoms with Crippen molar-refractivity contribution in [2.75, 3.05) is 19.7 Å². The highest BCUT2D eigenvalue weighted by Crippen LogP contribution is 2.21. The van der Waals surface area contributed by atoms with E-state index in [1.165, 1.54) is 24.3 Å². The molecule has 29 heteroatoms. The Morgan fingerprint density at radius 3 is 1.71 bits per heavy atom. The summed E-state index contributed by atoms with van der Waals surface area (Å²) in [6, 6.07) is -8.72. The number of phenols is 1. The zero-order chi connectivity index (χ0) is 57.4. The van der Waals surface area contributed by atoms with Crippen LogP contribution in [0.15, 0.2) is 24.3 Å². The van der Waals surface area contributed by atoms with Gasteiger partial charge in [-0.05, 0) is 88.4 Å². The Morgan fingerprint density at radius 1 is 0.658 bits per heavy atom. The first-order valence-electron chi connectivity index (χ1n) is 24.7. The summed E-state index contributed by atoms with van der Waals surface area (Å²) in [5.41, 5.74) is 22.2. The van der Waals surface area contributed by atoms with Crippen molar-refractivity contribution in [1.29, 1.82) is 0 Å². The Balaban J connectivity index is 2.44. The van der Waals surface area contributed by atoms with Crippen LogP contribution in [0.25, 0.3) is 0 Å². The molecule has 0 unspecified atom stereocenters. The highest BCUT2D eigenvalue weighted by Gasteiger charge is 2.41. The number of aliphatic carboxylic acids is 2. The van der Waals surface area contributed by atoms with E-state index in [1.54, 1.807) is 13.8 Å². The van der Waals surface area contributed by atoms with Crippen LogP contribution in [-0.2, 0) is 64.0 Å². The molecular formula is C47H74N12O17. The molecule has 1 aromatic carbocycles. The third-order valence-electron chi connectivity index (χ3n) is 12.0. The van der Waals surface area contributed by atoms with Gasteiger partial charge < -0.3 is 90.6 Å². The van der Waals surface area contributed by atoms with Gasteiger partial charge in [-0.1, -0.05) is 26.0 Å². The highest BCUT2D eigenvalue weighted by atomic mass is 16.4. The SMILES string of the molecule is CC(C)C[C@H](NC(=O)[C@@H]1CCCN1C(=O)[C@H](CC(=O)O)NC(=O)[C@H](CCCCN)NC(=O)[C@H](Cc1ccc(O)cc1)NC(=O)[C@H](CO)NC(=O)[C@H](CCC(N)=O)NC(=O)[C@@H](N)CCC(N)=O)C(=O)N[C@H](C(=O)O)[C@@H](C)O. The van der Waals surface area contributed by atoms with Gasteiger partial charge in [-0.15, -0.1) is 0 Å². The zero-order valence-corrected chi connectivity index (χ0v) is 42.7. The molecule has 76 heavy (non-hydrogen) atoms. The largest absolute Gasteiger partial charge is 0.508 e. The summed E-state index contributed by atoms with van der Waals surface area (Å²) in [6.45, 7) is 3.56. The fraction of sp³-hybridized carbons (Fsp3) is 0.617. The number of hydrogen-bond acceptors (Lipinski definition) is 17. The maximum absolute atomic E-state index is 14.3. The number of carbonyl (C=O) groups is 12. The minimum absolute atomic E-state index is 0.0109. The van der Waals surface area contributed by atoms with Crippen molar-refractivity contribution in [3.8, 4) is 5.75 Å². The van der Waals surface area contributed by atoms with Crippen molar-refractivity contribution < 1.29 is 83.1 Å². The monoisotopic (exact) mass is 1080 g/mol. The molecule has 0 aliphatic carbocycles. The molecule has 29 nitrogen and oxygen atoms in total. The lowest BCUT2D eigenvalue weighted by atomic mass is 10.0. The fourth-order valence-electron chi connectivity index (χ4n) is 7.88. The van der Waals surface area contributed by atoms with E-state index in [9.17, 15) is 83.1 Å². The fourth-order valence-corrected chi connectivity index (χ4v) is 7.88. The quantitative estimate of drug-likeness (QED) is 0.0286. The van der Waals surface area contributed by atoms with E-state index in [0.29, 0.717) is 12.0 Å². The molecule has 1 aliphatic rings. The van der Waals surface area contributed by atoms with Crippen LogP contribution >= 0.6 is 0 Å². The predicted molar refractivity (Wildman–Crippen MR) is 266 cm³/mol. The minimum Gasteiger partial charge on any atom is -0.508 e. The molecule has 424 valence electrons. The Morgan fingerprint density at radius 2 is 1.17 bits per heavy atom. The number of benzene rings is 1. The molecule has 20 N–H and O–H groups in total. The van der Waals surface area contributed by atoms with Crippen molar-refractivity contribution in [1.82, 2.24) is 42.1 Å². The number of nitrogens with zero attached hydrogens (tertiary/aromatic N) is 1. The Kier molecular flexibility index (Phi) is 27.3.